The maximum absolute atomic E-state index is 6.48. The summed E-state index contributed by atoms with van der Waals surface area (Å²) in [5.74, 6) is 4.77. The zero-order valence-corrected chi connectivity index (χ0v) is 11.6. The quantitative estimate of drug-likeness (QED) is 0.782. The molecule has 2 N–H and O–H groups in total. The van der Waals surface area contributed by atoms with Crippen LogP contribution in [0, 0.1) is 29.6 Å². The summed E-state index contributed by atoms with van der Waals surface area (Å²) in [4.78, 5) is 2.81. The molecule has 4 aliphatic carbocycles. The van der Waals surface area contributed by atoms with Crippen LogP contribution in [0.3, 0.4) is 0 Å². The van der Waals surface area contributed by atoms with Gasteiger partial charge in [0.2, 0.25) is 0 Å². The van der Waals surface area contributed by atoms with Crippen molar-refractivity contribution < 1.29 is 0 Å². The van der Waals surface area contributed by atoms with Gasteiger partial charge in [-0.3, -0.25) is 0 Å². The van der Waals surface area contributed by atoms with E-state index in [9.17, 15) is 0 Å². The van der Waals surface area contributed by atoms with Gasteiger partial charge in [0.05, 0.1) is 0 Å². The van der Waals surface area contributed by atoms with Crippen LogP contribution in [0.1, 0.15) is 44.9 Å². The van der Waals surface area contributed by atoms with Crippen molar-refractivity contribution in [2.24, 2.45) is 35.3 Å². The topological polar surface area (TPSA) is 29.3 Å². The normalized spacial score (nSPS) is 43.0. The Morgan fingerprint density at radius 2 is 1.39 bits per heavy atom. The summed E-state index contributed by atoms with van der Waals surface area (Å²) in [5, 5.41) is 0. The first kappa shape index (κ1) is 11.7. The molecule has 0 spiro atoms. The molecule has 18 heavy (non-hydrogen) atoms. The van der Waals surface area contributed by atoms with Crippen LogP contribution in [-0.4, -0.2) is 30.6 Å². The lowest BCUT2D eigenvalue weighted by molar-refractivity contribution is 0.164. The smallest absolute Gasteiger partial charge is 0.0111 e. The molecule has 4 unspecified atom stereocenters. The Balaban J connectivity index is 1.37. The molecule has 0 aromatic rings. The Labute approximate surface area is 111 Å². The van der Waals surface area contributed by atoms with E-state index in [1.54, 1.807) is 0 Å². The van der Waals surface area contributed by atoms with Gasteiger partial charge in [0, 0.05) is 25.7 Å². The zero-order chi connectivity index (χ0) is 12.1. The summed E-state index contributed by atoms with van der Waals surface area (Å²) in [7, 11) is 0. The molecular formula is C16H28N2. The van der Waals surface area contributed by atoms with Gasteiger partial charge < -0.3 is 10.6 Å². The lowest BCUT2D eigenvalue weighted by Gasteiger charge is -2.33. The predicted octanol–water partition coefficient (Wildman–Crippen LogP) is 2.48. The van der Waals surface area contributed by atoms with E-state index < -0.39 is 0 Å². The van der Waals surface area contributed by atoms with Gasteiger partial charge in [0.25, 0.3) is 0 Å². The minimum absolute atomic E-state index is 0.532. The van der Waals surface area contributed by atoms with Crippen molar-refractivity contribution in [3.8, 4) is 0 Å². The Morgan fingerprint density at radius 1 is 0.778 bits per heavy atom. The Kier molecular flexibility index (Phi) is 2.92. The van der Waals surface area contributed by atoms with Crippen molar-refractivity contribution in [3.05, 3.63) is 0 Å². The van der Waals surface area contributed by atoms with Gasteiger partial charge in [0.1, 0.15) is 0 Å². The number of nitrogens with zero attached hydrogens (tertiary/aromatic N) is 1. The third-order valence-electron chi connectivity index (χ3n) is 6.05. The molecular weight excluding hydrogens is 220 g/mol. The second-order valence-corrected chi connectivity index (χ2v) is 7.68. The first-order valence-corrected chi connectivity index (χ1v) is 8.27. The molecule has 102 valence electrons. The molecule has 4 saturated carbocycles. The van der Waals surface area contributed by atoms with Crippen molar-refractivity contribution in [3.63, 3.8) is 0 Å². The highest BCUT2D eigenvalue weighted by atomic mass is 15.1. The van der Waals surface area contributed by atoms with Crippen molar-refractivity contribution in [1.29, 1.82) is 0 Å². The van der Waals surface area contributed by atoms with Gasteiger partial charge in [-0.05, 0) is 74.5 Å². The fourth-order valence-electron chi connectivity index (χ4n) is 4.58. The fourth-order valence-corrected chi connectivity index (χ4v) is 4.58. The molecule has 0 amide bonds. The predicted molar refractivity (Wildman–Crippen MR) is 74.2 cm³/mol. The van der Waals surface area contributed by atoms with E-state index in [1.807, 2.05) is 0 Å². The molecule has 0 radical (unpaired) electrons. The highest BCUT2D eigenvalue weighted by Gasteiger charge is 2.46. The average molecular weight is 248 g/mol. The third kappa shape index (κ3) is 2.34. The van der Waals surface area contributed by atoms with E-state index in [0.717, 1.165) is 29.6 Å². The molecule has 2 bridgehead atoms. The van der Waals surface area contributed by atoms with Gasteiger partial charge >= 0.3 is 0 Å². The molecule has 2 heteroatoms. The van der Waals surface area contributed by atoms with Gasteiger partial charge in [-0.1, -0.05) is 0 Å². The lowest BCUT2D eigenvalue weighted by atomic mass is 9.84. The van der Waals surface area contributed by atoms with Gasteiger partial charge in [-0.15, -0.1) is 0 Å². The molecule has 4 atom stereocenters. The molecule has 0 aromatic carbocycles. The number of nitrogens with two attached hydrogens (primary N) is 1. The zero-order valence-electron chi connectivity index (χ0n) is 11.6. The van der Waals surface area contributed by atoms with Crippen molar-refractivity contribution in [1.82, 2.24) is 4.90 Å². The molecule has 0 aromatic heterocycles. The first-order valence-electron chi connectivity index (χ1n) is 8.27. The number of fused-ring (bicyclic) bond motifs is 2. The summed E-state index contributed by atoms with van der Waals surface area (Å²) in [5.41, 5.74) is 6.48. The summed E-state index contributed by atoms with van der Waals surface area (Å²) in [6.45, 7) is 4.10. The van der Waals surface area contributed by atoms with Crippen LogP contribution in [0.15, 0.2) is 0 Å². The SMILES string of the molecule is NC1C2CCC(C2)C1CN(CC1CC1)CC1CC1. The number of hydrogen-bond donors (Lipinski definition) is 1. The average Bonchev–Trinajstić information content (AvgIpc) is 3.26. The van der Waals surface area contributed by atoms with Gasteiger partial charge in [-0.25, -0.2) is 0 Å². The minimum atomic E-state index is 0.532. The van der Waals surface area contributed by atoms with Gasteiger partial charge in [-0.2, -0.15) is 0 Å². The van der Waals surface area contributed by atoms with Crippen molar-refractivity contribution in [2.45, 2.75) is 51.0 Å². The first-order chi connectivity index (χ1) is 8.79. The van der Waals surface area contributed by atoms with E-state index in [0.29, 0.717) is 6.04 Å². The second-order valence-electron chi connectivity index (χ2n) is 7.68. The van der Waals surface area contributed by atoms with E-state index >= 15 is 0 Å². The molecule has 4 aliphatic rings. The number of rotatable bonds is 6. The van der Waals surface area contributed by atoms with E-state index in [2.05, 4.69) is 4.90 Å². The molecule has 0 heterocycles. The second kappa shape index (κ2) is 4.49. The van der Waals surface area contributed by atoms with E-state index in [4.69, 9.17) is 5.73 Å². The van der Waals surface area contributed by atoms with Crippen molar-refractivity contribution >= 4 is 0 Å². The van der Waals surface area contributed by atoms with Crippen molar-refractivity contribution in [2.75, 3.05) is 19.6 Å². The largest absolute Gasteiger partial charge is 0.327 e. The minimum Gasteiger partial charge on any atom is -0.327 e. The third-order valence-corrected chi connectivity index (χ3v) is 6.05. The van der Waals surface area contributed by atoms with Crippen LogP contribution in [0.5, 0.6) is 0 Å². The standard InChI is InChI=1S/C16H28N2/c17-16-14-6-5-13(7-14)15(16)10-18(8-11-1-2-11)9-12-3-4-12/h11-16H,1-10,17H2. The van der Waals surface area contributed by atoms with Crippen LogP contribution in [-0.2, 0) is 0 Å². The van der Waals surface area contributed by atoms with Crippen LogP contribution in [0.4, 0.5) is 0 Å². The Bertz CT molecular complexity index is 292. The molecule has 4 fully saturated rings. The van der Waals surface area contributed by atoms with Crippen LogP contribution in [0.25, 0.3) is 0 Å². The summed E-state index contributed by atoms with van der Waals surface area (Å²) < 4.78 is 0. The van der Waals surface area contributed by atoms with Gasteiger partial charge in [0.15, 0.2) is 0 Å². The molecule has 4 rings (SSSR count). The van der Waals surface area contributed by atoms with E-state index in [-0.39, 0.29) is 0 Å². The lowest BCUT2D eigenvalue weighted by Crippen LogP contribution is -2.44. The summed E-state index contributed by atoms with van der Waals surface area (Å²) in [6, 6.07) is 0.532. The number of hydrogen-bond acceptors (Lipinski definition) is 2. The molecule has 0 saturated heterocycles. The molecule has 2 nitrogen and oxygen atoms in total. The maximum Gasteiger partial charge on any atom is 0.0111 e. The summed E-state index contributed by atoms with van der Waals surface area (Å²) >= 11 is 0. The Hall–Kier alpha value is -0.0800. The maximum atomic E-state index is 6.48. The van der Waals surface area contributed by atoms with E-state index in [1.165, 1.54) is 64.6 Å². The van der Waals surface area contributed by atoms with Crippen LogP contribution in [0.2, 0.25) is 0 Å². The monoisotopic (exact) mass is 248 g/mol. The fraction of sp³-hybridized carbons (Fsp3) is 1.00. The highest BCUT2D eigenvalue weighted by molar-refractivity contribution is 5.00. The summed E-state index contributed by atoms with van der Waals surface area (Å²) in [6.07, 6.45) is 10.3. The van der Waals surface area contributed by atoms with Crippen LogP contribution >= 0.6 is 0 Å². The van der Waals surface area contributed by atoms with Crippen LogP contribution < -0.4 is 5.73 Å². The molecule has 0 aliphatic heterocycles. The highest BCUT2D eigenvalue weighted by Crippen LogP contribution is 2.48. The Morgan fingerprint density at radius 3 is 1.89 bits per heavy atom.